The lowest BCUT2D eigenvalue weighted by Crippen LogP contribution is -2.13. The second-order valence-corrected chi connectivity index (χ2v) is 7.27. The number of carbonyl (C=O) groups is 1. The van der Waals surface area contributed by atoms with E-state index in [1.165, 1.54) is 0 Å². The van der Waals surface area contributed by atoms with Crippen LogP contribution in [0.15, 0.2) is 47.5 Å². The number of aliphatic imine (C=N–C) groups is 1. The summed E-state index contributed by atoms with van der Waals surface area (Å²) in [5.41, 5.74) is 3.32. The molecular formula is C22H21ClN4O3. The quantitative estimate of drug-likeness (QED) is 0.576. The Balaban J connectivity index is 1.96. The van der Waals surface area contributed by atoms with Gasteiger partial charge in [-0.15, -0.1) is 10.2 Å². The number of benzene rings is 2. The lowest BCUT2D eigenvalue weighted by molar-refractivity contribution is -0.143. The normalized spacial score (nSPS) is 14.9. The number of halogens is 1. The Morgan fingerprint density at radius 1 is 1.17 bits per heavy atom. The number of fused-ring (bicyclic) bond motifs is 3. The molecule has 0 radical (unpaired) electrons. The van der Waals surface area contributed by atoms with Gasteiger partial charge < -0.3 is 9.47 Å². The Morgan fingerprint density at radius 2 is 1.93 bits per heavy atom. The van der Waals surface area contributed by atoms with E-state index in [4.69, 9.17) is 26.1 Å². The van der Waals surface area contributed by atoms with Gasteiger partial charge in [-0.2, -0.15) is 0 Å². The molecule has 0 spiro atoms. The molecule has 2 aromatic carbocycles. The monoisotopic (exact) mass is 424 g/mol. The summed E-state index contributed by atoms with van der Waals surface area (Å²) >= 11 is 6.10. The first-order chi connectivity index (χ1) is 14.5. The van der Waals surface area contributed by atoms with Crippen LogP contribution in [0.4, 0.5) is 0 Å². The highest BCUT2D eigenvalue weighted by Gasteiger charge is 2.30. The summed E-state index contributed by atoms with van der Waals surface area (Å²) in [5.74, 6) is 1.66. The number of hydrogen-bond donors (Lipinski definition) is 0. The van der Waals surface area contributed by atoms with Crippen LogP contribution in [-0.4, -0.2) is 40.2 Å². The van der Waals surface area contributed by atoms with Crippen molar-refractivity contribution in [2.24, 2.45) is 4.99 Å². The van der Waals surface area contributed by atoms with Crippen molar-refractivity contribution in [3.05, 3.63) is 70.3 Å². The molecule has 4 rings (SSSR count). The first-order valence-corrected chi connectivity index (χ1v) is 9.99. The van der Waals surface area contributed by atoms with Crippen LogP contribution in [0, 0.1) is 6.92 Å². The van der Waals surface area contributed by atoms with Gasteiger partial charge in [0.2, 0.25) is 0 Å². The molecule has 1 atom stereocenters. The van der Waals surface area contributed by atoms with Crippen molar-refractivity contribution in [2.75, 3.05) is 13.7 Å². The van der Waals surface area contributed by atoms with E-state index in [0.29, 0.717) is 29.0 Å². The number of esters is 1. The van der Waals surface area contributed by atoms with Gasteiger partial charge in [0.05, 0.1) is 31.5 Å². The summed E-state index contributed by atoms with van der Waals surface area (Å²) in [6, 6.07) is 12.7. The van der Waals surface area contributed by atoms with Crippen molar-refractivity contribution in [3.63, 3.8) is 0 Å². The zero-order valence-corrected chi connectivity index (χ0v) is 17.7. The lowest BCUT2D eigenvalue weighted by atomic mass is 10.00. The van der Waals surface area contributed by atoms with Gasteiger partial charge in [0, 0.05) is 16.1 Å². The minimum atomic E-state index is -0.547. The molecule has 0 saturated heterocycles. The summed E-state index contributed by atoms with van der Waals surface area (Å²) in [5, 5.41) is 9.21. The van der Waals surface area contributed by atoms with Crippen molar-refractivity contribution in [2.45, 2.75) is 26.3 Å². The number of nitrogens with zero attached hydrogens (tertiary/aromatic N) is 4. The number of ether oxygens (including phenoxy) is 2. The van der Waals surface area contributed by atoms with Crippen LogP contribution in [0.2, 0.25) is 5.02 Å². The van der Waals surface area contributed by atoms with Crippen molar-refractivity contribution >= 4 is 23.3 Å². The molecule has 1 aliphatic heterocycles. The maximum absolute atomic E-state index is 12.3. The summed E-state index contributed by atoms with van der Waals surface area (Å²) in [6.45, 7) is 3.96. The van der Waals surface area contributed by atoms with Crippen LogP contribution in [0.1, 0.15) is 42.2 Å². The first-order valence-electron chi connectivity index (χ1n) is 9.62. The van der Waals surface area contributed by atoms with Gasteiger partial charge in [0.1, 0.15) is 17.6 Å². The topological polar surface area (TPSA) is 78.6 Å². The van der Waals surface area contributed by atoms with Crippen LogP contribution in [0.5, 0.6) is 5.75 Å². The summed E-state index contributed by atoms with van der Waals surface area (Å²) < 4.78 is 12.6. The highest BCUT2D eigenvalue weighted by Crippen LogP contribution is 2.34. The van der Waals surface area contributed by atoms with Crippen LogP contribution in [-0.2, 0) is 9.53 Å². The van der Waals surface area contributed by atoms with Gasteiger partial charge in [0.15, 0.2) is 5.82 Å². The average molecular weight is 425 g/mol. The summed E-state index contributed by atoms with van der Waals surface area (Å²) in [6.07, 6.45) is 0.0637. The number of rotatable bonds is 5. The predicted molar refractivity (Wildman–Crippen MR) is 114 cm³/mol. The van der Waals surface area contributed by atoms with Crippen molar-refractivity contribution in [1.29, 1.82) is 0 Å². The van der Waals surface area contributed by atoms with Crippen LogP contribution in [0.3, 0.4) is 0 Å². The number of aromatic nitrogens is 3. The minimum absolute atomic E-state index is 0.0637. The molecule has 3 aromatic rings. The number of hydrogen-bond acceptors (Lipinski definition) is 6. The zero-order chi connectivity index (χ0) is 21.3. The van der Waals surface area contributed by atoms with Crippen molar-refractivity contribution in [3.8, 4) is 11.4 Å². The first kappa shape index (κ1) is 20.1. The molecule has 154 valence electrons. The van der Waals surface area contributed by atoms with E-state index in [-0.39, 0.29) is 12.4 Å². The molecule has 0 aliphatic carbocycles. The van der Waals surface area contributed by atoms with Crippen LogP contribution < -0.4 is 4.74 Å². The Morgan fingerprint density at radius 3 is 2.63 bits per heavy atom. The predicted octanol–water partition coefficient (Wildman–Crippen LogP) is 4.08. The highest BCUT2D eigenvalue weighted by atomic mass is 35.5. The molecule has 0 amide bonds. The zero-order valence-electron chi connectivity index (χ0n) is 16.9. The van der Waals surface area contributed by atoms with Crippen LogP contribution in [0.25, 0.3) is 5.69 Å². The molecule has 0 saturated carbocycles. The fourth-order valence-electron chi connectivity index (χ4n) is 3.55. The van der Waals surface area contributed by atoms with Crippen LogP contribution >= 0.6 is 11.6 Å². The Hall–Kier alpha value is -3.19. The molecule has 0 bridgehead atoms. The molecule has 1 aromatic heterocycles. The minimum Gasteiger partial charge on any atom is -0.497 e. The maximum Gasteiger partial charge on any atom is 0.308 e. The smallest absolute Gasteiger partial charge is 0.308 e. The molecule has 1 aliphatic rings. The molecule has 0 unspecified atom stereocenters. The average Bonchev–Trinajstić information content (AvgIpc) is 3.06. The molecule has 8 heteroatoms. The van der Waals surface area contributed by atoms with E-state index in [1.54, 1.807) is 14.0 Å². The molecule has 30 heavy (non-hydrogen) atoms. The number of aryl methyl sites for hydroxylation is 1. The van der Waals surface area contributed by atoms with Gasteiger partial charge in [-0.3, -0.25) is 14.4 Å². The fourth-order valence-corrected chi connectivity index (χ4v) is 3.68. The lowest BCUT2D eigenvalue weighted by Gasteiger charge is -2.14. The van der Waals surface area contributed by atoms with E-state index in [1.807, 2.05) is 54.0 Å². The van der Waals surface area contributed by atoms with E-state index in [0.717, 1.165) is 22.5 Å². The third-order valence-electron chi connectivity index (χ3n) is 4.92. The number of carbonyl (C=O) groups excluding carboxylic acids is 1. The summed E-state index contributed by atoms with van der Waals surface area (Å²) in [7, 11) is 1.62. The number of methoxy groups -OCH3 is 1. The standard InChI is InChI=1S/C22H21ClN4O3/c1-4-30-20(28)12-18-22-26-25-13(2)27(22)19-10-9-16(29-3)11-17(19)21(24-18)14-5-7-15(23)8-6-14/h5-11,18H,4,12H2,1-3H3/t18-/m0/s1. The Kier molecular flexibility index (Phi) is 5.55. The molecule has 0 fully saturated rings. The Labute approximate surface area is 179 Å². The highest BCUT2D eigenvalue weighted by molar-refractivity contribution is 6.30. The van der Waals surface area contributed by atoms with Gasteiger partial charge in [-0.05, 0) is 44.2 Å². The largest absolute Gasteiger partial charge is 0.497 e. The van der Waals surface area contributed by atoms with Gasteiger partial charge in [0.25, 0.3) is 0 Å². The molecular weight excluding hydrogens is 404 g/mol. The maximum atomic E-state index is 12.3. The Bertz CT molecular complexity index is 1120. The summed E-state index contributed by atoms with van der Waals surface area (Å²) in [4.78, 5) is 17.3. The molecule has 2 heterocycles. The van der Waals surface area contributed by atoms with Crippen molar-refractivity contribution in [1.82, 2.24) is 14.8 Å². The SMILES string of the molecule is CCOC(=O)C[C@@H]1N=C(c2ccc(Cl)cc2)c2cc(OC)ccc2-n2c(C)nnc21. The molecule has 0 N–H and O–H groups in total. The van der Waals surface area contributed by atoms with E-state index in [2.05, 4.69) is 10.2 Å². The third-order valence-corrected chi connectivity index (χ3v) is 5.17. The van der Waals surface area contributed by atoms with Gasteiger partial charge in [-0.25, -0.2) is 0 Å². The van der Waals surface area contributed by atoms with Gasteiger partial charge in [-0.1, -0.05) is 23.7 Å². The second-order valence-electron chi connectivity index (χ2n) is 6.83. The van der Waals surface area contributed by atoms with E-state index >= 15 is 0 Å². The second kappa shape index (κ2) is 8.28. The third kappa shape index (κ3) is 3.68. The van der Waals surface area contributed by atoms with Gasteiger partial charge >= 0.3 is 5.97 Å². The van der Waals surface area contributed by atoms with E-state index < -0.39 is 6.04 Å². The van der Waals surface area contributed by atoms with Crippen molar-refractivity contribution < 1.29 is 14.3 Å². The van der Waals surface area contributed by atoms with E-state index in [9.17, 15) is 4.79 Å². The fraction of sp³-hybridized carbons (Fsp3) is 0.273. The molecule has 7 nitrogen and oxygen atoms in total.